The zero-order valence-corrected chi connectivity index (χ0v) is 14.1. The first-order valence-electron chi connectivity index (χ1n) is 8.12. The molecule has 1 aliphatic heterocycles. The number of fused-ring (bicyclic) bond motifs is 4. The van der Waals surface area contributed by atoms with E-state index >= 15 is 0 Å². The van der Waals surface area contributed by atoms with Gasteiger partial charge in [0, 0.05) is 12.7 Å². The number of hydrogen-bond donors (Lipinski definition) is 0. The number of aromatic nitrogens is 2. The van der Waals surface area contributed by atoms with Crippen LogP contribution in [0.1, 0.15) is 21.7 Å². The summed E-state index contributed by atoms with van der Waals surface area (Å²) in [6, 6.07) is 18.2. The number of carbonyl (C=O) groups is 1. The summed E-state index contributed by atoms with van der Waals surface area (Å²) in [7, 11) is 0. The van der Waals surface area contributed by atoms with Crippen LogP contribution in [0.15, 0.2) is 60.8 Å². The van der Waals surface area contributed by atoms with Gasteiger partial charge < -0.3 is 4.90 Å². The maximum absolute atomic E-state index is 12.9. The van der Waals surface area contributed by atoms with Gasteiger partial charge in [0.2, 0.25) is 0 Å². The Kier molecular flexibility index (Phi) is 3.09. The lowest BCUT2D eigenvalue weighted by molar-refractivity contribution is 0.0760. The van der Waals surface area contributed by atoms with Crippen molar-refractivity contribution >= 4 is 33.9 Å². The van der Waals surface area contributed by atoms with Crippen LogP contribution >= 0.6 is 11.6 Å². The van der Waals surface area contributed by atoms with E-state index in [-0.39, 0.29) is 5.91 Å². The summed E-state index contributed by atoms with van der Waals surface area (Å²) in [6.45, 7) is 1.10. The zero-order valence-electron chi connectivity index (χ0n) is 13.3. The molecule has 122 valence electrons. The summed E-state index contributed by atoms with van der Waals surface area (Å²) in [5.41, 5.74) is 3.31. The zero-order chi connectivity index (χ0) is 17.0. The molecule has 0 radical (unpaired) electrons. The number of amides is 1. The van der Waals surface area contributed by atoms with Crippen LogP contribution in [0.4, 0.5) is 0 Å². The molecule has 4 aromatic rings. The monoisotopic (exact) mass is 347 g/mol. The largest absolute Gasteiger partial charge is 0.327 e. The molecule has 2 aromatic heterocycles. The van der Waals surface area contributed by atoms with E-state index in [1.165, 1.54) is 10.8 Å². The van der Waals surface area contributed by atoms with Gasteiger partial charge in [-0.15, -0.1) is 0 Å². The molecule has 25 heavy (non-hydrogen) atoms. The van der Waals surface area contributed by atoms with Crippen LogP contribution in [-0.2, 0) is 13.1 Å². The van der Waals surface area contributed by atoms with E-state index in [1.54, 1.807) is 16.7 Å². The van der Waals surface area contributed by atoms with Crippen molar-refractivity contribution in [3.8, 4) is 0 Å². The number of pyridine rings is 1. The van der Waals surface area contributed by atoms with Crippen LogP contribution in [0, 0.1) is 0 Å². The molecule has 0 spiro atoms. The van der Waals surface area contributed by atoms with Gasteiger partial charge >= 0.3 is 0 Å². The summed E-state index contributed by atoms with van der Waals surface area (Å²) >= 11 is 6.07. The van der Waals surface area contributed by atoms with Crippen LogP contribution in [0.3, 0.4) is 0 Å². The second-order valence-corrected chi connectivity index (χ2v) is 6.76. The molecule has 2 aromatic carbocycles. The quantitative estimate of drug-likeness (QED) is 0.542. The minimum atomic E-state index is -0.00192. The van der Waals surface area contributed by atoms with Crippen LogP contribution in [0.5, 0.6) is 0 Å². The summed E-state index contributed by atoms with van der Waals surface area (Å²) in [5.74, 6) is -0.00192. The van der Waals surface area contributed by atoms with E-state index in [1.807, 2.05) is 23.1 Å². The number of hydrogen-bond acceptors (Lipinski definition) is 2. The van der Waals surface area contributed by atoms with E-state index < -0.39 is 0 Å². The third-order valence-electron chi connectivity index (χ3n) is 4.67. The topological polar surface area (TPSA) is 37.6 Å². The van der Waals surface area contributed by atoms with Crippen molar-refractivity contribution in [1.82, 2.24) is 14.3 Å². The van der Waals surface area contributed by atoms with Crippen molar-refractivity contribution in [2.45, 2.75) is 13.1 Å². The van der Waals surface area contributed by atoms with Crippen molar-refractivity contribution in [2.24, 2.45) is 0 Å². The van der Waals surface area contributed by atoms with Gasteiger partial charge in [-0.05, 0) is 34.5 Å². The smallest absolute Gasteiger partial charge is 0.273 e. The lowest BCUT2D eigenvalue weighted by Gasteiger charge is -2.16. The van der Waals surface area contributed by atoms with Gasteiger partial charge in [-0.1, -0.05) is 48.0 Å². The Bertz CT molecular complexity index is 1150. The SMILES string of the molecule is O=C1c2c(nc3ccc(Cl)cn23)CN1Cc1ccc2ccccc2c1. The van der Waals surface area contributed by atoms with Gasteiger partial charge in [0.25, 0.3) is 5.91 Å². The molecule has 4 nitrogen and oxygen atoms in total. The van der Waals surface area contributed by atoms with Gasteiger partial charge in [-0.3, -0.25) is 9.20 Å². The first-order valence-corrected chi connectivity index (χ1v) is 8.50. The summed E-state index contributed by atoms with van der Waals surface area (Å²) < 4.78 is 1.79. The van der Waals surface area contributed by atoms with E-state index in [9.17, 15) is 4.79 Å². The fourth-order valence-corrected chi connectivity index (χ4v) is 3.65. The molecule has 0 fully saturated rings. The normalized spacial score (nSPS) is 13.8. The molecule has 0 aliphatic carbocycles. The first-order chi connectivity index (χ1) is 12.2. The van der Waals surface area contributed by atoms with E-state index in [0.29, 0.717) is 23.8 Å². The van der Waals surface area contributed by atoms with E-state index in [2.05, 4.69) is 35.3 Å². The lowest BCUT2D eigenvalue weighted by Crippen LogP contribution is -2.24. The second kappa shape index (κ2) is 5.33. The number of rotatable bonds is 2. The molecule has 3 heterocycles. The Balaban J connectivity index is 1.48. The molecule has 1 amide bonds. The summed E-state index contributed by atoms with van der Waals surface area (Å²) in [4.78, 5) is 19.3. The standard InChI is InChI=1S/C20H14ClN3O/c21-16-7-8-18-22-17-12-23(20(25)19(17)24(18)11-16)10-13-5-6-14-3-1-2-4-15(14)9-13/h1-9,11H,10,12H2. The Hall–Kier alpha value is -2.85. The van der Waals surface area contributed by atoms with Gasteiger partial charge in [0.1, 0.15) is 11.3 Å². The molecule has 0 N–H and O–H groups in total. The highest BCUT2D eigenvalue weighted by Gasteiger charge is 2.32. The maximum atomic E-state index is 12.9. The molecule has 5 rings (SSSR count). The Labute approximate surface area is 149 Å². The molecule has 0 saturated carbocycles. The number of nitrogens with zero attached hydrogens (tertiary/aromatic N) is 3. The fraction of sp³-hybridized carbons (Fsp3) is 0.100. The minimum Gasteiger partial charge on any atom is -0.327 e. The van der Waals surface area contributed by atoms with Crippen LogP contribution in [-0.4, -0.2) is 20.2 Å². The number of carbonyl (C=O) groups excluding carboxylic acids is 1. The third-order valence-corrected chi connectivity index (χ3v) is 4.90. The van der Waals surface area contributed by atoms with Crippen molar-refractivity contribution in [3.63, 3.8) is 0 Å². The molecule has 0 unspecified atom stereocenters. The predicted molar refractivity (Wildman–Crippen MR) is 97.7 cm³/mol. The highest BCUT2D eigenvalue weighted by molar-refractivity contribution is 6.30. The Morgan fingerprint density at radius 1 is 1.04 bits per heavy atom. The lowest BCUT2D eigenvalue weighted by atomic mass is 10.1. The minimum absolute atomic E-state index is 0.00192. The number of benzene rings is 2. The Morgan fingerprint density at radius 3 is 2.76 bits per heavy atom. The third kappa shape index (κ3) is 2.29. The van der Waals surface area contributed by atoms with Crippen molar-refractivity contribution < 1.29 is 4.79 Å². The summed E-state index contributed by atoms with van der Waals surface area (Å²) in [6.07, 6.45) is 1.75. The maximum Gasteiger partial charge on any atom is 0.273 e. The molecule has 0 bridgehead atoms. The molecule has 0 saturated heterocycles. The Morgan fingerprint density at radius 2 is 1.88 bits per heavy atom. The highest BCUT2D eigenvalue weighted by atomic mass is 35.5. The van der Waals surface area contributed by atoms with Gasteiger partial charge in [0.15, 0.2) is 0 Å². The van der Waals surface area contributed by atoms with E-state index in [0.717, 1.165) is 16.9 Å². The van der Waals surface area contributed by atoms with Crippen LogP contribution in [0.25, 0.3) is 16.4 Å². The average molecular weight is 348 g/mol. The van der Waals surface area contributed by atoms with Crippen molar-refractivity contribution in [2.75, 3.05) is 0 Å². The first kappa shape index (κ1) is 14.5. The van der Waals surface area contributed by atoms with Crippen LogP contribution in [0.2, 0.25) is 5.02 Å². The van der Waals surface area contributed by atoms with Gasteiger partial charge in [-0.2, -0.15) is 0 Å². The fourth-order valence-electron chi connectivity index (χ4n) is 3.49. The van der Waals surface area contributed by atoms with Crippen LogP contribution < -0.4 is 0 Å². The molecule has 5 heteroatoms. The van der Waals surface area contributed by atoms with Crippen molar-refractivity contribution in [3.05, 3.63) is 82.8 Å². The number of halogens is 1. The highest BCUT2D eigenvalue weighted by Crippen LogP contribution is 2.27. The van der Waals surface area contributed by atoms with Crippen molar-refractivity contribution in [1.29, 1.82) is 0 Å². The number of imidazole rings is 1. The molecular formula is C20H14ClN3O. The van der Waals surface area contributed by atoms with Gasteiger partial charge in [-0.25, -0.2) is 4.98 Å². The van der Waals surface area contributed by atoms with Gasteiger partial charge in [0.05, 0.1) is 17.3 Å². The predicted octanol–water partition coefficient (Wildman–Crippen LogP) is 4.30. The summed E-state index contributed by atoms with van der Waals surface area (Å²) in [5, 5.41) is 2.98. The second-order valence-electron chi connectivity index (χ2n) is 6.33. The molecule has 1 aliphatic rings. The van der Waals surface area contributed by atoms with E-state index in [4.69, 9.17) is 11.6 Å². The average Bonchev–Trinajstić information content (AvgIpc) is 3.11. The molecular weight excluding hydrogens is 334 g/mol. The molecule has 0 atom stereocenters.